The summed E-state index contributed by atoms with van der Waals surface area (Å²) in [5, 5.41) is 12.4. The van der Waals surface area contributed by atoms with E-state index < -0.39 is 11.8 Å². The van der Waals surface area contributed by atoms with Gasteiger partial charge in [-0.05, 0) is 31.4 Å². The molecule has 1 aromatic rings. The number of carboxylic acids is 1. The molecule has 2 aliphatic rings. The van der Waals surface area contributed by atoms with Crippen molar-refractivity contribution in [1.82, 2.24) is 5.32 Å². The number of carbonyl (C=O) groups is 1. The second kappa shape index (κ2) is 5.40. The van der Waals surface area contributed by atoms with Crippen molar-refractivity contribution in [3.8, 4) is 0 Å². The predicted octanol–water partition coefficient (Wildman–Crippen LogP) is 2.25. The summed E-state index contributed by atoms with van der Waals surface area (Å²) in [6, 6.07) is 8.25. The molecule has 5 heteroatoms. The molecule has 3 rings (SSSR count). The molecule has 2 fully saturated rings. The van der Waals surface area contributed by atoms with E-state index in [-0.39, 0.29) is 18.1 Å². The highest BCUT2D eigenvalue weighted by molar-refractivity contribution is 5.70. The molecule has 0 bridgehead atoms. The standard InChI is InChI=1S/C16H21NO4/c1-16(2)20-9-14(21-16)11-5-3-4-10(6-11)13-7-12(8-17-13)15(18)19/h3-6,12-14,17H,7-9H2,1-2H3,(H,18,19). The molecule has 0 aliphatic carbocycles. The first-order valence-electron chi connectivity index (χ1n) is 7.32. The Kier molecular flexibility index (Phi) is 3.73. The molecule has 3 atom stereocenters. The Morgan fingerprint density at radius 1 is 1.38 bits per heavy atom. The highest BCUT2D eigenvalue weighted by Crippen LogP contribution is 2.35. The zero-order chi connectivity index (χ0) is 15.0. The minimum Gasteiger partial charge on any atom is -0.481 e. The van der Waals surface area contributed by atoms with E-state index in [0.717, 1.165) is 11.1 Å². The molecule has 21 heavy (non-hydrogen) atoms. The van der Waals surface area contributed by atoms with Crippen LogP contribution >= 0.6 is 0 Å². The first kappa shape index (κ1) is 14.5. The largest absolute Gasteiger partial charge is 0.481 e. The Bertz CT molecular complexity index is 543. The Hall–Kier alpha value is -1.43. The summed E-state index contributed by atoms with van der Waals surface area (Å²) in [6.45, 7) is 4.90. The van der Waals surface area contributed by atoms with Crippen LogP contribution in [0, 0.1) is 5.92 Å². The summed E-state index contributed by atoms with van der Waals surface area (Å²) in [4.78, 5) is 11.0. The fraction of sp³-hybridized carbons (Fsp3) is 0.562. The van der Waals surface area contributed by atoms with Crippen molar-refractivity contribution in [2.24, 2.45) is 5.92 Å². The van der Waals surface area contributed by atoms with Gasteiger partial charge in [-0.3, -0.25) is 4.79 Å². The van der Waals surface area contributed by atoms with Crippen LogP contribution in [0.4, 0.5) is 0 Å². The van der Waals surface area contributed by atoms with Crippen LogP contribution in [-0.4, -0.2) is 30.0 Å². The minimum absolute atomic E-state index is 0.0587. The molecule has 0 amide bonds. The van der Waals surface area contributed by atoms with Crippen LogP contribution in [0.3, 0.4) is 0 Å². The van der Waals surface area contributed by atoms with E-state index in [9.17, 15) is 4.79 Å². The zero-order valence-electron chi connectivity index (χ0n) is 12.3. The zero-order valence-corrected chi connectivity index (χ0v) is 12.3. The second-order valence-corrected chi connectivity index (χ2v) is 6.22. The van der Waals surface area contributed by atoms with Gasteiger partial charge >= 0.3 is 5.97 Å². The molecule has 0 radical (unpaired) electrons. The summed E-state index contributed by atoms with van der Waals surface area (Å²) in [6.07, 6.45) is 0.573. The van der Waals surface area contributed by atoms with Gasteiger partial charge in [0.1, 0.15) is 6.10 Å². The van der Waals surface area contributed by atoms with Crippen LogP contribution in [0.15, 0.2) is 24.3 Å². The number of benzene rings is 1. The molecular weight excluding hydrogens is 270 g/mol. The normalized spacial score (nSPS) is 31.4. The van der Waals surface area contributed by atoms with Crippen molar-refractivity contribution in [3.63, 3.8) is 0 Å². The van der Waals surface area contributed by atoms with Gasteiger partial charge in [0.2, 0.25) is 0 Å². The van der Waals surface area contributed by atoms with Crippen LogP contribution in [0.25, 0.3) is 0 Å². The minimum atomic E-state index is -0.726. The number of hydrogen-bond donors (Lipinski definition) is 2. The second-order valence-electron chi connectivity index (χ2n) is 6.22. The molecule has 0 saturated carbocycles. The third kappa shape index (κ3) is 3.10. The lowest BCUT2D eigenvalue weighted by Gasteiger charge is -2.18. The lowest BCUT2D eigenvalue weighted by atomic mass is 9.97. The Morgan fingerprint density at radius 3 is 2.76 bits per heavy atom. The predicted molar refractivity (Wildman–Crippen MR) is 76.8 cm³/mol. The summed E-state index contributed by atoms with van der Waals surface area (Å²) in [5.41, 5.74) is 2.20. The number of carboxylic acid groups (broad SMARTS) is 1. The van der Waals surface area contributed by atoms with Crippen LogP contribution in [-0.2, 0) is 14.3 Å². The summed E-state index contributed by atoms with van der Waals surface area (Å²) in [5.74, 6) is -1.57. The van der Waals surface area contributed by atoms with E-state index in [1.165, 1.54) is 0 Å². The third-order valence-corrected chi connectivity index (χ3v) is 4.17. The Morgan fingerprint density at radius 2 is 2.14 bits per heavy atom. The van der Waals surface area contributed by atoms with Crippen molar-refractivity contribution in [1.29, 1.82) is 0 Å². The number of nitrogens with one attached hydrogen (secondary N) is 1. The van der Waals surface area contributed by atoms with Crippen LogP contribution in [0.5, 0.6) is 0 Å². The molecule has 3 unspecified atom stereocenters. The van der Waals surface area contributed by atoms with Gasteiger partial charge in [0.05, 0.1) is 12.5 Å². The van der Waals surface area contributed by atoms with Gasteiger partial charge in [-0.1, -0.05) is 24.3 Å². The maximum Gasteiger partial charge on any atom is 0.307 e. The fourth-order valence-electron chi connectivity index (χ4n) is 3.01. The van der Waals surface area contributed by atoms with Gasteiger partial charge in [-0.15, -0.1) is 0 Å². The first-order chi connectivity index (χ1) is 9.94. The average molecular weight is 291 g/mol. The maximum atomic E-state index is 11.0. The van der Waals surface area contributed by atoms with E-state index in [1.807, 2.05) is 32.0 Å². The van der Waals surface area contributed by atoms with Crippen LogP contribution in [0.1, 0.15) is 43.5 Å². The van der Waals surface area contributed by atoms with Crippen molar-refractivity contribution in [2.75, 3.05) is 13.2 Å². The lowest BCUT2D eigenvalue weighted by molar-refractivity contribution is -0.141. The van der Waals surface area contributed by atoms with Crippen LogP contribution < -0.4 is 5.32 Å². The van der Waals surface area contributed by atoms with Crippen molar-refractivity contribution in [3.05, 3.63) is 35.4 Å². The van der Waals surface area contributed by atoms with Gasteiger partial charge in [-0.25, -0.2) is 0 Å². The summed E-state index contributed by atoms with van der Waals surface area (Å²) in [7, 11) is 0. The van der Waals surface area contributed by atoms with Crippen molar-refractivity contribution in [2.45, 2.75) is 38.2 Å². The van der Waals surface area contributed by atoms with E-state index in [4.69, 9.17) is 14.6 Å². The van der Waals surface area contributed by atoms with E-state index in [1.54, 1.807) is 0 Å². The topological polar surface area (TPSA) is 67.8 Å². The van der Waals surface area contributed by atoms with E-state index >= 15 is 0 Å². The monoisotopic (exact) mass is 291 g/mol. The smallest absolute Gasteiger partial charge is 0.307 e. The van der Waals surface area contributed by atoms with Gasteiger partial charge in [0, 0.05) is 12.6 Å². The SMILES string of the molecule is CC1(C)OCC(c2cccc(C3CC(C(=O)O)CN3)c2)O1. The van der Waals surface area contributed by atoms with Crippen LogP contribution in [0.2, 0.25) is 0 Å². The molecular formula is C16H21NO4. The molecule has 2 N–H and O–H groups in total. The molecule has 0 aromatic heterocycles. The molecule has 1 aromatic carbocycles. The molecule has 2 heterocycles. The molecule has 2 saturated heterocycles. The number of aliphatic carboxylic acids is 1. The number of hydrogen-bond acceptors (Lipinski definition) is 4. The average Bonchev–Trinajstić information content (AvgIpc) is 3.05. The number of rotatable bonds is 3. The quantitative estimate of drug-likeness (QED) is 0.894. The molecule has 114 valence electrons. The Balaban J connectivity index is 1.74. The number of ether oxygens (including phenoxy) is 2. The van der Waals surface area contributed by atoms with Gasteiger partial charge in [0.15, 0.2) is 5.79 Å². The van der Waals surface area contributed by atoms with E-state index in [0.29, 0.717) is 19.6 Å². The van der Waals surface area contributed by atoms with Gasteiger partial charge in [0.25, 0.3) is 0 Å². The third-order valence-electron chi connectivity index (χ3n) is 4.17. The highest BCUT2D eigenvalue weighted by atomic mass is 16.7. The fourth-order valence-corrected chi connectivity index (χ4v) is 3.01. The lowest BCUT2D eigenvalue weighted by Crippen LogP contribution is -2.19. The summed E-state index contributed by atoms with van der Waals surface area (Å²) < 4.78 is 11.5. The van der Waals surface area contributed by atoms with Gasteiger partial charge in [-0.2, -0.15) is 0 Å². The maximum absolute atomic E-state index is 11.0. The van der Waals surface area contributed by atoms with Gasteiger partial charge < -0.3 is 19.9 Å². The first-order valence-corrected chi connectivity index (χ1v) is 7.32. The molecule has 2 aliphatic heterocycles. The Labute approximate surface area is 124 Å². The van der Waals surface area contributed by atoms with Crippen molar-refractivity contribution >= 4 is 5.97 Å². The molecule has 0 spiro atoms. The molecule has 5 nitrogen and oxygen atoms in total. The summed E-state index contributed by atoms with van der Waals surface area (Å²) >= 11 is 0. The van der Waals surface area contributed by atoms with E-state index in [2.05, 4.69) is 11.4 Å². The van der Waals surface area contributed by atoms with Crippen molar-refractivity contribution < 1.29 is 19.4 Å². The highest BCUT2D eigenvalue weighted by Gasteiger charge is 2.34.